The molecule has 1 aromatic rings. The number of nitrogens with one attached hydrogen (secondary N) is 1. The van der Waals surface area contributed by atoms with E-state index in [4.69, 9.17) is 0 Å². The van der Waals surface area contributed by atoms with Crippen LogP contribution in [0.4, 0.5) is 18.9 Å². The van der Waals surface area contributed by atoms with E-state index in [-0.39, 0.29) is 0 Å². The highest BCUT2D eigenvalue weighted by molar-refractivity contribution is 5.50. The fraction of sp³-hybridized carbons (Fsp3) is 0.571. The zero-order valence-corrected chi connectivity index (χ0v) is 10.6. The molecule has 104 valence electrons. The predicted molar refractivity (Wildman–Crippen MR) is 68.2 cm³/mol. The first-order valence-electron chi connectivity index (χ1n) is 6.70. The fourth-order valence-electron chi connectivity index (χ4n) is 2.59. The fourth-order valence-corrected chi connectivity index (χ4v) is 2.59. The molecule has 1 saturated carbocycles. The summed E-state index contributed by atoms with van der Waals surface area (Å²) in [5.41, 5.74) is 0.110. The molecule has 1 heterocycles. The SMILES string of the molecule is FC(F)(F)c1cccc(N2CCC(NC3CC3)C2)c1. The van der Waals surface area contributed by atoms with Crippen LogP contribution in [0.25, 0.3) is 0 Å². The van der Waals surface area contributed by atoms with Gasteiger partial charge < -0.3 is 10.2 Å². The van der Waals surface area contributed by atoms with Crippen LogP contribution < -0.4 is 10.2 Å². The molecule has 1 aliphatic heterocycles. The molecule has 0 amide bonds. The van der Waals surface area contributed by atoms with Crippen LogP contribution in [0.3, 0.4) is 0 Å². The Morgan fingerprint density at radius 1 is 1.11 bits per heavy atom. The van der Waals surface area contributed by atoms with Crippen LogP contribution in [0.2, 0.25) is 0 Å². The number of halogens is 3. The second-order valence-electron chi connectivity index (χ2n) is 5.42. The first-order valence-corrected chi connectivity index (χ1v) is 6.70. The lowest BCUT2D eigenvalue weighted by Gasteiger charge is -2.20. The van der Waals surface area contributed by atoms with Crippen LogP contribution in [0.1, 0.15) is 24.8 Å². The molecule has 5 heteroatoms. The molecular formula is C14H17F3N2. The van der Waals surface area contributed by atoms with Gasteiger partial charge in [-0.1, -0.05) is 6.07 Å². The maximum atomic E-state index is 12.7. The van der Waals surface area contributed by atoms with Crippen molar-refractivity contribution in [2.75, 3.05) is 18.0 Å². The van der Waals surface area contributed by atoms with Crippen LogP contribution in [-0.4, -0.2) is 25.2 Å². The summed E-state index contributed by atoms with van der Waals surface area (Å²) >= 11 is 0. The van der Waals surface area contributed by atoms with Gasteiger partial charge in [-0.3, -0.25) is 0 Å². The largest absolute Gasteiger partial charge is 0.416 e. The minimum absolute atomic E-state index is 0.419. The Bertz CT molecular complexity index is 454. The number of rotatable bonds is 3. The predicted octanol–water partition coefficient (Wildman–Crippen LogP) is 3.04. The highest BCUT2D eigenvalue weighted by atomic mass is 19.4. The highest BCUT2D eigenvalue weighted by Crippen LogP contribution is 2.32. The Morgan fingerprint density at radius 3 is 2.58 bits per heavy atom. The number of hydrogen-bond donors (Lipinski definition) is 1. The summed E-state index contributed by atoms with van der Waals surface area (Å²) in [7, 11) is 0. The Morgan fingerprint density at radius 2 is 1.89 bits per heavy atom. The molecule has 3 rings (SSSR count). The van der Waals surface area contributed by atoms with Crippen molar-refractivity contribution in [1.29, 1.82) is 0 Å². The molecule has 2 fully saturated rings. The Balaban J connectivity index is 1.68. The monoisotopic (exact) mass is 270 g/mol. The lowest BCUT2D eigenvalue weighted by Crippen LogP contribution is -2.33. The summed E-state index contributed by atoms with van der Waals surface area (Å²) in [4.78, 5) is 2.04. The maximum Gasteiger partial charge on any atom is 0.416 e. The molecule has 1 aliphatic carbocycles. The first-order chi connectivity index (χ1) is 9.02. The molecule has 1 aromatic carbocycles. The Labute approximate surface area is 110 Å². The van der Waals surface area contributed by atoms with E-state index in [0.717, 1.165) is 25.6 Å². The molecule has 1 N–H and O–H groups in total. The van der Waals surface area contributed by atoms with E-state index >= 15 is 0 Å². The highest BCUT2D eigenvalue weighted by Gasteiger charge is 2.32. The van der Waals surface area contributed by atoms with E-state index < -0.39 is 11.7 Å². The third-order valence-corrected chi connectivity index (χ3v) is 3.78. The Kier molecular flexibility index (Phi) is 3.17. The third-order valence-electron chi connectivity index (χ3n) is 3.78. The van der Waals surface area contributed by atoms with Gasteiger partial charge in [-0.05, 0) is 37.5 Å². The molecular weight excluding hydrogens is 253 g/mol. The lowest BCUT2D eigenvalue weighted by atomic mass is 10.2. The quantitative estimate of drug-likeness (QED) is 0.908. The van der Waals surface area contributed by atoms with Crippen LogP contribution in [0.5, 0.6) is 0 Å². The van der Waals surface area contributed by atoms with Gasteiger partial charge in [0.2, 0.25) is 0 Å². The smallest absolute Gasteiger partial charge is 0.370 e. The van der Waals surface area contributed by atoms with Crippen molar-refractivity contribution in [2.45, 2.75) is 37.5 Å². The van der Waals surface area contributed by atoms with E-state index in [1.165, 1.54) is 25.0 Å². The molecule has 1 atom stereocenters. The average molecular weight is 270 g/mol. The Hall–Kier alpha value is -1.23. The van der Waals surface area contributed by atoms with Gasteiger partial charge in [0.05, 0.1) is 5.56 Å². The van der Waals surface area contributed by atoms with E-state index in [0.29, 0.717) is 17.8 Å². The molecule has 1 saturated heterocycles. The van der Waals surface area contributed by atoms with Crippen LogP contribution in [0.15, 0.2) is 24.3 Å². The van der Waals surface area contributed by atoms with E-state index in [2.05, 4.69) is 5.32 Å². The molecule has 0 radical (unpaired) electrons. The summed E-state index contributed by atoms with van der Waals surface area (Å²) in [6, 6.07) is 6.68. The minimum atomic E-state index is -4.26. The number of hydrogen-bond acceptors (Lipinski definition) is 2. The van der Waals surface area contributed by atoms with Gasteiger partial charge in [0, 0.05) is 30.9 Å². The number of nitrogens with zero attached hydrogens (tertiary/aromatic N) is 1. The number of anilines is 1. The van der Waals surface area contributed by atoms with Crippen LogP contribution in [0, 0.1) is 0 Å². The molecule has 0 aromatic heterocycles. The molecule has 2 aliphatic rings. The van der Waals surface area contributed by atoms with Crippen molar-refractivity contribution in [1.82, 2.24) is 5.32 Å². The topological polar surface area (TPSA) is 15.3 Å². The van der Waals surface area contributed by atoms with Gasteiger partial charge in [0.1, 0.15) is 0 Å². The van der Waals surface area contributed by atoms with Crippen molar-refractivity contribution in [2.24, 2.45) is 0 Å². The van der Waals surface area contributed by atoms with Crippen molar-refractivity contribution in [3.8, 4) is 0 Å². The molecule has 0 bridgehead atoms. The standard InChI is InChI=1S/C14H17F3N2/c15-14(16,17)10-2-1-3-13(8-10)19-7-6-12(9-19)18-11-4-5-11/h1-3,8,11-12,18H,4-7,9H2. The van der Waals surface area contributed by atoms with E-state index in [1.54, 1.807) is 6.07 Å². The van der Waals surface area contributed by atoms with E-state index in [1.807, 2.05) is 4.90 Å². The summed E-state index contributed by atoms with van der Waals surface area (Å²) in [6.45, 7) is 1.63. The van der Waals surface area contributed by atoms with E-state index in [9.17, 15) is 13.2 Å². The average Bonchev–Trinajstić information content (AvgIpc) is 3.04. The first kappa shape index (κ1) is 12.8. The summed E-state index contributed by atoms with van der Waals surface area (Å²) in [6.07, 6.45) is -0.783. The third kappa shape index (κ3) is 3.03. The second kappa shape index (κ2) is 4.71. The van der Waals surface area contributed by atoms with Crippen LogP contribution in [-0.2, 0) is 6.18 Å². The summed E-state index contributed by atoms with van der Waals surface area (Å²) < 4.78 is 38.0. The maximum absolute atomic E-state index is 12.7. The zero-order valence-electron chi connectivity index (χ0n) is 10.6. The minimum Gasteiger partial charge on any atom is -0.370 e. The number of benzene rings is 1. The number of alkyl halides is 3. The molecule has 2 nitrogen and oxygen atoms in total. The van der Waals surface area contributed by atoms with Gasteiger partial charge >= 0.3 is 6.18 Å². The van der Waals surface area contributed by atoms with Crippen molar-refractivity contribution >= 4 is 5.69 Å². The van der Waals surface area contributed by atoms with Crippen molar-refractivity contribution in [3.05, 3.63) is 29.8 Å². The van der Waals surface area contributed by atoms with Gasteiger partial charge in [-0.2, -0.15) is 13.2 Å². The zero-order chi connectivity index (χ0) is 13.5. The lowest BCUT2D eigenvalue weighted by molar-refractivity contribution is -0.137. The normalized spacial score (nSPS) is 23.9. The van der Waals surface area contributed by atoms with Gasteiger partial charge in [-0.25, -0.2) is 0 Å². The van der Waals surface area contributed by atoms with Crippen molar-refractivity contribution < 1.29 is 13.2 Å². The second-order valence-corrected chi connectivity index (χ2v) is 5.42. The van der Waals surface area contributed by atoms with Gasteiger partial charge in [0.15, 0.2) is 0 Å². The molecule has 1 unspecified atom stereocenters. The molecule has 0 spiro atoms. The summed E-state index contributed by atoms with van der Waals surface area (Å²) in [5.74, 6) is 0. The molecule has 19 heavy (non-hydrogen) atoms. The van der Waals surface area contributed by atoms with Crippen molar-refractivity contribution in [3.63, 3.8) is 0 Å². The summed E-state index contributed by atoms with van der Waals surface area (Å²) in [5, 5.41) is 3.53. The van der Waals surface area contributed by atoms with Crippen LogP contribution >= 0.6 is 0 Å². The van der Waals surface area contributed by atoms with Gasteiger partial charge in [-0.15, -0.1) is 0 Å². The van der Waals surface area contributed by atoms with Gasteiger partial charge in [0.25, 0.3) is 0 Å².